The Kier molecular flexibility index (Phi) is 4.76. The quantitative estimate of drug-likeness (QED) is 0.874. The summed E-state index contributed by atoms with van der Waals surface area (Å²) >= 11 is 0. The maximum atomic E-state index is 5.78. The third-order valence-electron chi connectivity index (χ3n) is 2.85. The molecular weight excluding hydrogens is 254 g/mol. The normalized spacial score (nSPS) is 10.2. The molecule has 0 saturated heterocycles. The average Bonchev–Trinajstić information content (AvgIpc) is 2.49. The van der Waals surface area contributed by atoms with Crippen LogP contribution in [0.5, 0.6) is 17.4 Å². The number of benzene rings is 1. The highest BCUT2D eigenvalue weighted by molar-refractivity contribution is 5.48. The Morgan fingerprint density at radius 2 is 1.80 bits per heavy atom. The highest BCUT2D eigenvalue weighted by Crippen LogP contribution is 2.27. The predicted octanol–water partition coefficient (Wildman–Crippen LogP) is 3.41. The van der Waals surface area contributed by atoms with Gasteiger partial charge < -0.3 is 14.8 Å². The van der Waals surface area contributed by atoms with Crippen molar-refractivity contribution in [1.82, 2.24) is 9.97 Å². The Morgan fingerprint density at radius 1 is 1.10 bits per heavy atom. The first-order valence-corrected chi connectivity index (χ1v) is 6.62. The van der Waals surface area contributed by atoms with Gasteiger partial charge >= 0.3 is 0 Å². The molecule has 1 heterocycles. The first-order chi connectivity index (χ1) is 9.74. The summed E-state index contributed by atoms with van der Waals surface area (Å²) in [6, 6.07) is 7.39. The summed E-state index contributed by atoms with van der Waals surface area (Å²) in [6.07, 6.45) is 2.54. The number of nitrogens with one attached hydrogen (secondary N) is 1. The molecule has 0 aliphatic carbocycles. The fourth-order valence-corrected chi connectivity index (χ4v) is 1.71. The van der Waals surface area contributed by atoms with Gasteiger partial charge in [0, 0.05) is 6.54 Å². The molecule has 106 valence electrons. The summed E-state index contributed by atoms with van der Waals surface area (Å²) in [7, 11) is 1.64. The van der Waals surface area contributed by atoms with E-state index in [1.54, 1.807) is 7.11 Å². The molecule has 1 aromatic carbocycles. The van der Waals surface area contributed by atoms with Gasteiger partial charge in [-0.3, -0.25) is 0 Å². The van der Waals surface area contributed by atoms with E-state index < -0.39 is 0 Å². The number of hydrogen-bond acceptors (Lipinski definition) is 5. The first kappa shape index (κ1) is 14.1. The fraction of sp³-hybridized carbons (Fsp3) is 0.333. The van der Waals surface area contributed by atoms with Crippen molar-refractivity contribution in [1.29, 1.82) is 0 Å². The van der Waals surface area contributed by atoms with Crippen molar-refractivity contribution < 1.29 is 9.47 Å². The molecule has 5 nitrogen and oxygen atoms in total. The van der Waals surface area contributed by atoms with E-state index in [-0.39, 0.29) is 0 Å². The average molecular weight is 273 g/mol. The largest absolute Gasteiger partial charge is 0.497 e. The van der Waals surface area contributed by atoms with Crippen molar-refractivity contribution in [2.24, 2.45) is 0 Å². The standard InChI is InChI=1S/C15H19N3O2/c1-4-9-16-14-11(2)15(18-10-17-14)20-13-7-5-12(19-3)6-8-13/h5-8,10H,4,9H2,1-3H3,(H,16,17,18). The second kappa shape index (κ2) is 6.75. The summed E-state index contributed by atoms with van der Waals surface area (Å²) in [5.41, 5.74) is 0.900. The fourth-order valence-electron chi connectivity index (χ4n) is 1.71. The number of nitrogens with zero attached hydrogens (tertiary/aromatic N) is 2. The van der Waals surface area contributed by atoms with E-state index in [4.69, 9.17) is 9.47 Å². The monoisotopic (exact) mass is 273 g/mol. The molecule has 0 spiro atoms. The molecule has 0 amide bonds. The molecule has 0 saturated carbocycles. The Labute approximate surface area is 119 Å². The topological polar surface area (TPSA) is 56.3 Å². The van der Waals surface area contributed by atoms with Gasteiger partial charge in [-0.2, -0.15) is 0 Å². The highest BCUT2D eigenvalue weighted by atomic mass is 16.5. The maximum Gasteiger partial charge on any atom is 0.227 e. The lowest BCUT2D eigenvalue weighted by molar-refractivity contribution is 0.412. The van der Waals surface area contributed by atoms with Crippen molar-refractivity contribution in [3.8, 4) is 17.4 Å². The van der Waals surface area contributed by atoms with Gasteiger partial charge in [-0.25, -0.2) is 9.97 Å². The van der Waals surface area contributed by atoms with Gasteiger partial charge in [-0.15, -0.1) is 0 Å². The van der Waals surface area contributed by atoms with Crippen LogP contribution in [-0.4, -0.2) is 23.6 Å². The number of methoxy groups -OCH3 is 1. The minimum atomic E-state index is 0.559. The van der Waals surface area contributed by atoms with Crippen molar-refractivity contribution in [3.63, 3.8) is 0 Å². The third-order valence-corrected chi connectivity index (χ3v) is 2.85. The molecule has 2 rings (SSSR count). The molecule has 5 heteroatoms. The van der Waals surface area contributed by atoms with Gasteiger partial charge in [0.15, 0.2) is 0 Å². The summed E-state index contributed by atoms with van der Waals surface area (Å²) in [6.45, 7) is 4.93. The smallest absolute Gasteiger partial charge is 0.227 e. The molecule has 0 atom stereocenters. The Balaban J connectivity index is 2.15. The SMILES string of the molecule is CCCNc1ncnc(Oc2ccc(OC)cc2)c1C. The van der Waals surface area contributed by atoms with E-state index in [1.165, 1.54) is 6.33 Å². The van der Waals surface area contributed by atoms with Crippen LogP contribution in [-0.2, 0) is 0 Å². The minimum Gasteiger partial charge on any atom is -0.497 e. The van der Waals surface area contributed by atoms with Crippen LogP contribution in [0.2, 0.25) is 0 Å². The molecule has 0 bridgehead atoms. The van der Waals surface area contributed by atoms with E-state index in [9.17, 15) is 0 Å². The lowest BCUT2D eigenvalue weighted by Crippen LogP contribution is -2.05. The molecule has 0 aliphatic rings. The number of hydrogen-bond donors (Lipinski definition) is 1. The molecule has 20 heavy (non-hydrogen) atoms. The van der Waals surface area contributed by atoms with E-state index in [0.29, 0.717) is 11.6 Å². The van der Waals surface area contributed by atoms with Crippen LogP contribution in [0.1, 0.15) is 18.9 Å². The Hall–Kier alpha value is -2.30. The second-order valence-electron chi connectivity index (χ2n) is 4.36. The zero-order valence-corrected chi connectivity index (χ0v) is 12.0. The third kappa shape index (κ3) is 3.38. The van der Waals surface area contributed by atoms with Crippen LogP contribution in [0.25, 0.3) is 0 Å². The van der Waals surface area contributed by atoms with Gasteiger partial charge in [0.05, 0.1) is 12.7 Å². The molecule has 0 aliphatic heterocycles. The number of aromatic nitrogens is 2. The number of rotatable bonds is 6. The van der Waals surface area contributed by atoms with Crippen LogP contribution in [0.15, 0.2) is 30.6 Å². The summed E-state index contributed by atoms with van der Waals surface area (Å²) in [5, 5.41) is 3.26. The van der Waals surface area contributed by atoms with Gasteiger partial charge in [0.1, 0.15) is 23.6 Å². The second-order valence-corrected chi connectivity index (χ2v) is 4.36. The molecule has 2 aromatic rings. The van der Waals surface area contributed by atoms with Gasteiger partial charge in [0.25, 0.3) is 0 Å². The zero-order valence-electron chi connectivity index (χ0n) is 12.0. The Bertz CT molecular complexity index is 556. The predicted molar refractivity (Wildman–Crippen MR) is 78.6 cm³/mol. The lowest BCUT2D eigenvalue weighted by atomic mass is 10.3. The maximum absolute atomic E-state index is 5.78. The minimum absolute atomic E-state index is 0.559. The summed E-state index contributed by atoms with van der Waals surface area (Å²) in [4.78, 5) is 8.40. The van der Waals surface area contributed by atoms with Crippen molar-refractivity contribution in [3.05, 3.63) is 36.2 Å². The van der Waals surface area contributed by atoms with Gasteiger partial charge in [0.2, 0.25) is 5.88 Å². The van der Waals surface area contributed by atoms with Crippen LogP contribution in [0.3, 0.4) is 0 Å². The molecular formula is C15H19N3O2. The van der Waals surface area contributed by atoms with Gasteiger partial charge in [-0.1, -0.05) is 6.92 Å². The lowest BCUT2D eigenvalue weighted by Gasteiger charge is -2.11. The first-order valence-electron chi connectivity index (χ1n) is 6.62. The van der Waals surface area contributed by atoms with Crippen LogP contribution in [0.4, 0.5) is 5.82 Å². The molecule has 1 N–H and O–H groups in total. The molecule has 0 fully saturated rings. The van der Waals surface area contributed by atoms with Crippen molar-refractivity contribution >= 4 is 5.82 Å². The summed E-state index contributed by atoms with van der Waals surface area (Å²) in [5.74, 6) is 2.88. The molecule has 1 aromatic heterocycles. The van der Waals surface area contributed by atoms with Crippen molar-refractivity contribution in [2.75, 3.05) is 19.0 Å². The Morgan fingerprint density at radius 3 is 2.45 bits per heavy atom. The number of anilines is 1. The molecule has 0 radical (unpaired) electrons. The van der Waals surface area contributed by atoms with Crippen LogP contribution < -0.4 is 14.8 Å². The molecule has 0 unspecified atom stereocenters. The number of ether oxygens (including phenoxy) is 2. The van der Waals surface area contributed by atoms with Crippen LogP contribution in [0, 0.1) is 6.92 Å². The highest BCUT2D eigenvalue weighted by Gasteiger charge is 2.08. The van der Waals surface area contributed by atoms with E-state index in [1.807, 2.05) is 31.2 Å². The van der Waals surface area contributed by atoms with Crippen molar-refractivity contribution in [2.45, 2.75) is 20.3 Å². The van der Waals surface area contributed by atoms with Gasteiger partial charge in [-0.05, 0) is 37.6 Å². The van der Waals surface area contributed by atoms with E-state index in [2.05, 4.69) is 22.2 Å². The van der Waals surface area contributed by atoms with Crippen LogP contribution >= 0.6 is 0 Å². The van der Waals surface area contributed by atoms with E-state index >= 15 is 0 Å². The zero-order chi connectivity index (χ0) is 14.4. The van der Waals surface area contributed by atoms with E-state index in [0.717, 1.165) is 30.1 Å². The summed E-state index contributed by atoms with van der Waals surface area (Å²) < 4.78 is 10.9.